The lowest BCUT2D eigenvalue weighted by Gasteiger charge is -2.03. The Balaban J connectivity index is 1.77. The van der Waals surface area contributed by atoms with Gasteiger partial charge in [-0.1, -0.05) is 18.2 Å². The van der Waals surface area contributed by atoms with Gasteiger partial charge in [0.1, 0.15) is 11.3 Å². The summed E-state index contributed by atoms with van der Waals surface area (Å²) in [4.78, 5) is 1.60. The third-order valence-corrected chi connectivity index (χ3v) is 5.46. The van der Waals surface area contributed by atoms with Crippen molar-refractivity contribution in [2.24, 2.45) is 0 Å². The third-order valence-electron chi connectivity index (χ3n) is 4.08. The molecule has 2 aromatic carbocycles. The Labute approximate surface area is 131 Å². The van der Waals surface area contributed by atoms with E-state index in [2.05, 4.69) is 5.32 Å². The summed E-state index contributed by atoms with van der Waals surface area (Å²) in [6, 6.07) is 15.4. The van der Waals surface area contributed by atoms with Crippen molar-refractivity contribution in [1.29, 1.82) is 0 Å². The van der Waals surface area contributed by atoms with Crippen molar-refractivity contribution in [2.75, 3.05) is 6.54 Å². The average Bonchev–Trinajstić information content (AvgIpc) is 2.75. The predicted octanol–water partition coefficient (Wildman–Crippen LogP) is 3.64. The normalized spacial score (nSPS) is 16.2. The maximum atomic E-state index is 12.6. The molecule has 3 aromatic rings. The molecule has 1 aromatic heterocycles. The molecule has 0 spiro atoms. The Hall–Kier alpha value is -1.91. The molecule has 0 bridgehead atoms. The summed E-state index contributed by atoms with van der Waals surface area (Å²) in [6.45, 7) is 1.88. The van der Waals surface area contributed by atoms with Crippen molar-refractivity contribution in [3.05, 3.63) is 59.9 Å². The lowest BCUT2D eigenvalue weighted by Crippen LogP contribution is -2.11. The van der Waals surface area contributed by atoms with Crippen LogP contribution in [0.5, 0.6) is 0 Å². The molecule has 3 nitrogen and oxygen atoms in total. The Morgan fingerprint density at radius 1 is 1.05 bits per heavy atom. The van der Waals surface area contributed by atoms with Crippen LogP contribution in [0.2, 0.25) is 0 Å². The number of aryl methyl sites for hydroxylation is 1. The van der Waals surface area contributed by atoms with E-state index in [0.29, 0.717) is 0 Å². The smallest absolute Gasteiger partial charge is 0.135 e. The molecule has 4 heteroatoms. The summed E-state index contributed by atoms with van der Waals surface area (Å²) in [5.74, 6) is 1.07. The second-order valence-electron chi connectivity index (χ2n) is 5.52. The van der Waals surface area contributed by atoms with Crippen molar-refractivity contribution in [3.8, 4) is 0 Å². The highest BCUT2D eigenvalue weighted by Crippen LogP contribution is 2.30. The van der Waals surface area contributed by atoms with Gasteiger partial charge in [-0.2, -0.15) is 0 Å². The molecule has 4 rings (SSSR count). The Bertz CT molecular complexity index is 839. The molecule has 1 N–H and O–H groups in total. The molecule has 1 atom stereocenters. The summed E-state index contributed by atoms with van der Waals surface area (Å²) < 4.78 is 18.7. The summed E-state index contributed by atoms with van der Waals surface area (Å²) in [5, 5.41) is 4.56. The van der Waals surface area contributed by atoms with E-state index < -0.39 is 10.8 Å². The van der Waals surface area contributed by atoms with Gasteiger partial charge in [0.15, 0.2) is 0 Å². The summed E-state index contributed by atoms with van der Waals surface area (Å²) in [5.41, 5.74) is 2.10. The lowest BCUT2D eigenvalue weighted by molar-refractivity contribution is 0.540. The fraction of sp³-hybridized carbons (Fsp3) is 0.222. The van der Waals surface area contributed by atoms with E-state index in [4.69, 9.17) is 4.42 Å². The number of hydrogen-bond acceptors (Lipinski definition) is 3. The molecule has 1 unspecified atom stereocenters. The monoisotopic (exact) mass is 311 g/mol. The van der Waals surface area contributed by atoms with Gasteiger partial charge in [-0.25, -0.2) is 4.21 Å². The number of benzene rings is 2. The molecule has 22 heavy (non-hydrogen) atoms. The van der Waals surface area contributed by atoms with Crippen molar-refractivity contribution in [2.45, 2.75) is 29.2 Å². The van der Waals surface area contributed by atoms with Crippen LogP contribution in [-0.4, -0.2) is 10.8 Å². The first-order chi connectivity index (χ1) is 10.8. The topological polar surface area (TPSA) is 42.2 Å². The molecular formula is C18H17NO2S. The third kappa shape index (κ3) is 2.38. The first-order valence-corrected chi connectivity index (χ1v) is 8.70. The highest BCUT2D eigenvalue weighted by atomic mass is 32.2. The van der Waals surface area contributed by atoms with Gasteiger partial charge in [0.2, 0.25) is 0 Å². The zero-order chi connectivity index (χ0) is 14.9. The minimum atomic E-state index is -1.17. The zero-order valence-corrected chi connectivity index (χ0v) is 13.0. The van der Waals surface area contributed by atoms with Gasteiger partial charge in [-0.3, -0.25) is 0 Å². The average molecular weight is 311 g/mol. The van der Waals surface area contributed by atoms with Gasteiger partial charge in [-0.15, -0.1) is 0 Å². The minimum Gasteiger partial charge on any atom is -0.461 e. The van der Waals surface area contributed by atoms with E-state index in [1.807, 2.05) is 48.5 Å². The van der Waals surface area contributed by atoms with E-state index in [9.17, 15) is 4.21 Å². The van der Waals surface area contributed by atoms with Crippen LogP contribution in [0.25, 0.3) is 11.0 Å². The minimum absolute atomic E-state index is 0.788. The lowest BCUT2D eigenvalue weighted by atomic mass is 10.1. The molecule has 112 valence electrons. The highest BCUT2D eigenvalue weighted by Gasteiger charge is 2.17. The summed E-state index contributed by atoms with van der Waals surface area (Å²) in [6.07, 6.45) is 2.06. The van der Waals surface area contributed by atoms with E-state index >= 15 is 0 Å². The molecule has 0 fully saturated rings. The molecule has 0 aliphatic carbocycles. The van der Waals surface area contributed by atoms with Crippen LogP contribution in [0.3, 0.4) is 0 Å². The fourth-order valence-corrected chi connectivity index (χ4v) is 4.04. The number of hydrogen-bond donors (Lipinski definition) is 1. The van der Waals surface area contributed by atoms with E-state index in [1.54, 1.807) is 0 Å². The van der Waals surface area contributed by atoms with Gasteiger partial charge in [0.25, 0.3) is 0 Å². The van der Waals surface area contributed by atoms with Crippen molar-refractivity contribution in [3.63, 3.8) is 0 Å². The number of nitrogens with one attached hydrogen (secondary N) is 1. The Morgan fingerprint density at radius 2 is 1.91 bits per heavy atom. The van der Waals surface area contributed by atoms with Gasteiger partial charge in [0.05, 0.1) is 10.8 Å². The van der Waals surface area contributed by atoms with Crippen molar-refractivity contribution >= 4 is 21.8 Å². The van der Waals surface area contributed by atoms with Gasteiger partial charge in [0, 0.05) is 33.7 Å². The molecule has 2 heterocycles. The predicted molar refractivity (Wildman–Crippen MR) is 87.4 cm³/mol. The number of fused-ring (bicyclic) bond motifs is 3. The van der Waals surface area contributed by atoms with Crippen molar-refractivity contribution in [1.82, 2.24) is 5.32 Å². The molecule has 0 saturated carbocycles. The van der Waals surface area contributed by atoms with Gasteiger partial charge in [-0.05, 0) is 43.3 Å². The molecular weight excluding hydrogens is 294 g/mol. The fourth-order valence-electron chi connectivity index (χ4n) is 2.96. The van der Waals surface area contributed by atoms with E-state index in [0.717, 1.165) is 52.5 Å². The molecule has 0 amide bonds. The number of furan rings is 1. The maximum absolute atomic E-state index is 12.6. The quantitative estimate of drug-likeness (QED) is 0.786. The summed E-state index contributed by atoms with van der Waals surface area (Å²) >= 11 is 0. The van der Waals surface area contributed by atoms with Gasteiger partial charge >= 0.3 is 0 Å². The maximum Gasteiger partial charge on any atom is 0.135 e. The van der Waals surface area contributed by atoms with E-state index in [1.165, 1.54) is 5.56 Å². The second-order valence-corrected chi connectivity index (χ2v) is 7.00. The first kappa shape index (κ1) is 13.7. The van der Waals surface area contributed by atoms with Gasteiger partial charge < -0.3 is 9.73 Å². The van der Waals surface area contributed by atoms with E-state index in [-0.39, 0.29) is 0 Å². The van der Waals surface area contributed by atoms with Crippen LogP contribution in [0, 0.1) is 0 Å². The van der Waals surface area contributed by atoms with Crippen LogP contribution < -0.4 is 5.32 Å². The zero-order valence-electron chi connectivity index (χ0n) is 12.2. The molecule has 0 saturated heterocycles. The highest BCUT2D eigenvalue weighted by molar-refractivity contribution is 7.85. The first-order valence-electron chi connectivity index (χ1n) is 7.55. The molecule has 0 radical (unpaired) electrons. The van der Waals surface area contributed by atoms with Crippen LogP contribution in [0.1, 0.15) is 17.7 Å². The van der Waals surface area contributed by atoms with Crippen LogP contribution in [0.4, 0.5) is 0 Å². The molecule has 1 aliphatic rings. The van der Waals surface area contributed by atoms with Crippen LogP contribution in [0.15, 0.2) is 62.7 Å². The SMILES string of the molecule is O=S(c1ccccc1)c1ccc2c3c(oc2c1)CCCNC3. The Kier molecular flexibility index (Phi) is 3.56. The number of rotatable bonds is 2. The van der Waals surface area contributed by atoms with Crippen LogP contribution in [-0.2, 0) is 23.8 Å². The summed E-state index contributed by atoms with van der Waals surface area (Å²) in [7, 11) is -1.17. The standard InChI is InChI=1S/C18H17NO2S/c20-22(13-5-2-1-3-6-13)14-8-9-15-16-12-19-10-4-7-17(16)21-18(15)11-14/h1-3,5-6,8-9,11,19H,4,7,10,12H2. The largest absolute Gasteiger partial charge is 0.461 e. The van der Waals surface area contributed by atoms with Crippen molar-refractivity contribution < 1.29 is 8.63 Å². The van der Waals surface area contributed by atoms with Crippen LogP contribution >= 0.6 is 0 Å². The molecule has 1 aliphatic heterocycles. The second kappa shape index (κ2) is 5.71. The Morgan fingerprint density at radius 3 is 2.77 bits per heavy atom.